The molecule has 2 rings (SSSR count). The van der Waals surface area contributed by atoms with E-state index in [1.54, 1.807) is 13.0 Å². The molecular formula is C16H22N2O5S. The molecule has 0 aromatic heterocycles. The van der Waals surface area contributed by atoms with Crippen LogP contribution in [0.2, 0.25) is 0 Å². The van der Waals surface area contributed by atoms with Gasteiger partial charge < -0.3 is 10.0 Å². The lowest BCUT2D eigenvalue weighted by molar-refractivity contribution is -0.137. The van der Waals surface area contributed by atoms with Gasteiger partial charge in [0.25, 0.3) is 5.91 Å². The van der Waals surface area contributed by atoms with Gasteiger partial charge in [0.05, 0.1) is 4.90 Å². The highest BCUT2D eigenvalue weighted by atomic mass is 32.2. The molecule has 2 N–H and O–H groups in total. The second-order valence-electron chi connectivity index (χ2n) is 6.14. The van der Waals surface area contributed by atoms with Crippen molar-refractivity contribution in [3.05, 3.63) is 29.3 Å². The van der Waals surface area contributed by atoms with Gasteiger partial charge in [-0.25, -0.2) is 13.1 Å². The number of hydrogen-bond donors (Lipinski definition) is 2. The molecule has 0 aliphatic heterocycles. The van der Waals surface area contributed by atoms with E-state index in [-0.39, 0.29) is 16.5 Å². The predicted octanol–water partition coefficient (Wildman–Crippen LogP) is 1.37. The minimum absolute atomic E-state index is 0.0592. The average Bonchev–Trinajstić information content (AvgIpc) is 2.98. The summed E-state index contributed by atoms with van der Waals surface area (Å²) in [5.41, 5.74) is 0.689. The molecule has 0 atom stereocenters. The predicted molar refractivity (Wildman–Crippen MR) is 88.4 cm³/mol. The summed E-state index contributed by atoms with van der Waals surface area (Å²) in [6.45, 7) is 1.22. The first-order valence-corrected chi connectivity index (χ1v) is 9.29. The van der Waals surface area contributed by atoms with Crippen LogP contribution in [0.15, 0.2) is 23.1 Å². The van der Waals surface area contributed by atoms with Gasteiger partial charge in [0.2, 0.25) is 10.0 Å². The number of amides is 1. The van der Waals surface area contributed by atoms with E-state index >= 15 is 0 Å². The Labute approximate surface area is 141 Å². The number of carboxylic acid groups (broad SMARTS) is 1. The van der Waals surface area contributed by atoms with Crippen molar-refractivity contribution in [1.82, 2.24) is 9.62 Å². The third-order valence-electron chi connectivity index (χ3n) is 4.12. The Balaban J connectivity index is 2.27. The SMILES string of the molecule is Cc1ccc(C(=O)N(C)CC(=O)O)cc1S(=O)(=O)NC1CCCC1. The smallest absolute Gasteiger partial charge is 0.323 e. The maximum absolute atomic E-state index is 12.6. The van der Waals surface area contributed by atoms with E-state index < -0.39 is 28.4 Å². The number of aryl methyl sites for hydroxylation is 1. The van der Waals surface area contributed by atoms with Crippen molar-refractivity contribution in [2.45, 2.75) is 43.5 Å². The topological polar surface area (TPSA) is 104 Å². The zero-order valence-electron chi connectivity index (χ0n) is 13.8. The summed E-state index contributed by atoms with van der Waals surface area (Å²) in [4.78, 5) is 24.1. The first kappa shape index (κ1) is 18.4. The summed E-state index contributed by atoms with van der Waals surface area (Å²) in [6.07, 6.45) is 3.64. The van der Waals surface area contributed by atoms with Gasteiger partial charge in [-0.2, -0.15) is 0 Å². The fourth-order valence-corrected chi connectivity index (χ4v) is 4.42. The summed E-state index contributed by atoms with van der Waals surface area (Å²) >= 11 is 0. The largest absolute Gasteiger partial charge is 0.480 e. The van der Waals surface area contributed by atoms with Crippen molar-refractivity contribution in [2.75, 3.05) is 13.6 Å². The number of carbonyl (C=O) groups is 2. The van der Waals surface area contributed by atoms with Gasteiger partial charge >= 0.3 is 5.97 Å². The number of sulfonamides is 1. The third kappa shape index (κ3) is 4.33. The van der Waals surface area contributed by atoms with E-state index in [1.165, 1.54) is 19.2 Å². The van der Waals surface area contributed by atoms with E-state index in [4.69, 9.17) is 5.11 Å². The summed E-state index contributed by atoms with van der Waals surface area (Å²) in [5.74, 6) is -1.66. The second kappa shape index (κ2) is 7.31. The van der Waals surface area contributed by atoms with Crippen molar-refractivity contribution in [3.63, 3.8) is 0 Å². The minimum Gasteiger partial charge on any atom is -0.480 e. The van der Waals surface area contributed by atoms with Crippen molar-refractivity contribution in [1.29, 1.82) is 0 Å². The summed E-state index contributed by atoms with van der Waals surface area (Å²) in [5, 5.41) is 8.77. The molecule has 1 aromatic rings. The van der Waals surface area contributed by atoms with Crippen LogP contribution in [0.25, 0.3) is 0 Å². The number of likely N-dealkylation sites (N-methyl/N-ethyl adjacent to an activating group) is 1. The average molecular weight is 354 g/mol. The van der Waals surface area contributed by atoms with Crippen molar-refractivity contribution in [2.24, 2.45) is 0 Å². The van der Waals surface area contributed by atoms with Gasteiger partial charge in [0.15, 0.2) is 0 Å². The molecule has 24 heavy (non-hydrogen) atoms. The fraction of sp³-hybridized carbons (Fsp3) is 0.500. The zero-order chi connectivity index (χ0) is 17.9. The van der Waals surface area contributed by atoms with Crippen LogP contribution in [-0.4, -0.2) is 49.9 Å². The Hall–Kier alpha value is -1.93. The number of hydrogen-bond acceptors (Lipinski definition) is 4. The maximum Gasteiger partial charge on any atom is 0.323 e. The molecule has 1 aliphatic carbocycles. The summed E-state index contributed by atoms with van der Waals surface area (Å²) in [7, 11) is -2.35. The molecular weight excluding hydrogens is 332 g/mol. The lowest BCUT2D eigenvalue weighted by Gasteiger charge is -2.17. The van der Waals surface area contributed by atoms with Crippen LogP contribution in [0.4, 0.5) is 0 Å². The van der Waals surface area contributed by atoms with Gasteiger partial charge in [-0.15, -0.1) is 0 Å². The Morgan fingerprint density at radius 3 is 2.50 bits per heavy atom. The van der Waals surface area contributed by atoms with E-state index in [0.29, 0.717) is 5.56 Å². The van der Waals surface area contributed by atoms with Gasteiger partial charge in [-0.3, -0.25) is 9.59 Å². The Bertz CT molecular complexity index is 739. The molecule has 1 amide bonds. The number of rotatable bonds is 6. The van der Waals surface area contributed by atoms with Gasteiger partial charge in [-0.05, 0) is 37.5 Å². The monoisotopic (exact) mass is 354 g/mol. The molecule has 0 unspecified atom stereocenters. The number of carbonyl (C=O) groups excluding carboxylic acids is 1. The molecule has 132 valence electrons. The molecule has 7 nitrogen and oxygen atoms in total. The van der Waals surface area contributed by atoms with Crippen LogP contribution < -0.4 is 4.72 Å². The van der Waals surface area contributed by atoms with Crippen molar-refractivity contribution >= 4 is 21.9 Å². The number of nitrogens with zero attached hydrogens (tertiary/aromatic N) is 1. The molecule has 0 heterocycles. The maximum atomic E-state index is 12.6. The summed E-state index contributed by atoms with van der Waals surface area (Å²) in [6, 6.07) is 4.31. The zero-order valence-corrected chi connectivity index (χ0v) is 14.6. The first-order valence-electron chi connectivity index (χ1n) is 7.81. The van der Waals surface area contributed by atoms with Crippen LogP contribution >= 0.6 is 0 Å². The fourth-order valence-electron chi connectivity index (χ4n) is 2.84. The van der Waals surface area contributed by atoms with E-state index in [0.717, 1.165) is 30.6 Å². The Morgan fingerprint density at radius 1 is 1.29 bits per heavy atom. The second-order valence-corrected chi connectivity index (χ2v) is 7.82. The van der Waals surface area contributed by atoms with E-state index in [1.807, 2.05) is 0 Å². The molecule has 0 spiro atoms. The molecule has 0 bridgehead atoms. The number of benzene rings is 1. The van der Waals surface area contributed by atoms with Crippen LogP contribution in [0.5, 0.6) is 0 Å². The van der Waals surface area contributed by atoms with Gasteiger partial charge in [0.1, 0.15) is 6.54 Å². The normalized spacial score (nSPS) is 15.4. The van der Waals surface area contributed by atoms with Gasteiger partial charge in [0, 0.05) is 18.7 Å². The van der Waals surface area contributed by atoms with Gasteiger partial charge in [-0.1, -0.05) is 18.9 Å². The highest BCUT2D eigenvalue weighted by Gasteiger charge is 2.25. The van der Waals surface area contributed by atoms with E-state index in [2.05, 4.69) is 4.72 Å². The van der Waals surface area contributed by atoms with Crippen molar-refractivity contribution in [3.8, 4) is 0 Å². The highest BCUT2D eigenvalue weighted by molar-refractivity contribution is 7.89. The standard InChI is InChI=1S/C16H22N2O5S/c1-11-7-8-12(16(21)18(2)10-15(19)20)9-14(11)24(22,23)17-13-5-3-4-6-13/h7-9,13,17H,3-6,10H2,1-2H3,(H,19,20). The first-order chi connectivity index (χ1) is 11.2. The third-order valence-corrected chi connectivity index (χ3v) is 5.78. The van der Waals surface area contributed by atoms with E-state index in [9.17, 15) is 18.0 Å². The van der Waals surface area contributed by atoms with Crippen molar-refractivity contribution < 1.29 is 23.1 Å². The quantitative estimate of drug-likeness (QED) is 0.803. The summed E-state index contributed by atoms with van der Waals surface area (Å²) < 4.78 is 27.9. The van der Waals surface area contributed by atoms with Crippen LogP contribution in [0, 0.1) is 6.92 Å². The Morgan fingerprint density at radius 2 is 1.92 bits per heavy atom. The molecule has 1 aliphatic rings. The highest BCUT2D eigenvalue weighted by Crippen LogP contribution is 2.23. The lowest BCUT2D eigenvalue weighted by atomic mass is 10.1. The molecule has 0 saturated heterocycles. The molecule has 8 heteroatoms. The molecule has 0 radical (unpaired) electrons. The Kier molecular flexibility index (Phi) is 5.61. The number of carboxylic acids is 1. The molecule has 1 aromatic carbocycles. The van der Waals surface area contributed by atoms with Crippen LogP contribution in [0.1, 0.15) is 41.6 Å². The van der Waals surface area contributed by atoms with Crippen LogP contribution in [0.3, 0.4) is 0 Å². The molecule has 1 saturated carbocycles. The lowest BCUT2D eigenvalue weighted by Crippen LogP contribution is -2.34. The minimum atomic E-state index is -3.72. The number of nitrogens with one attached hydrogen (secondary N) is 1. The number of aliphatic carboxylic acids is 1. The molecule has 1 fully saturated rings. The van der Waals surface area contributed by atoms with Crippen LogP contribution in [-0.2, 0) is 14.8 Å².